The van der Waals surface area contributed by atoms with E-state index in [4.69, 9.17) is 13.7 Å². The number of benzene rings is 2. The van der Waals surface area contributed by atoms with Gasteiger partial charge in [0.15, 0.2) is 6.10 Å². The van der Waals surface area contributed by atoms with Crippen molar-refractivity contribution in [2.75, 3.05) is 47.7 Å². The van der Waals surface area contributed by atoms with Gasteiger partial charge in [-0.1, -0.05) is 0 Å². The van der Waals surface area contributed by atoms with Crippen LogP contribution in [0.2, 0.25) is 0 Å². The molecule has 0 radical (unpaired) electrons. The standard InChI is InChI=1S/C20H26NO5S.CH4O4S/c1-21(13-19(14-21)26-27(4,22)23)20(15-5-9-17(24-2)10-6-15)16-7-11-18(25-3)12-8-16;1-5-6(2,3)4/h5-12,19-20H,13-14H2,1-4H3;1H3,(H,2,3,4)/q+1;/p-1. The van der Waals surface area contributed by atoms with Gasteiger partial charge in [-0.2, -0.15) is 8.42 Å². The van der Waals surface area contributed by atoms with Crippen LogP contribution in [0.25, 0.3) is 0 Å². The first kappa shape index (κ1) is 27.0. The molecule has 0 aliphatic carbocycles. The maximum atomic E-state index is 11.4. The quantitative estimate of drug-likeness (QED) is 0.229. The number of likely N-dealkylation sites (N-methyl/N-ethyl adjacent to an activating group) is 1. The van der Waals surface area contributed by atoms with Crippen LogP contribution in [0.5, 0.6) is 11.5 Å². The number of ether oxygens (including phenoxy) is 2. The topological polar surface area (TPSA) is 128 Å². The smallest absolute Gasteiger partial charge is 0.265 e. The van der Waals surface area contributed by atoms with E-state index in [-0.39, 0.29) is 12.1 Å². The Morgan fingerprint density at radius 1 is 0.848 bits per heavy atom. The minimum absolute atomic E-state index is 0.0567. The molecule has 0 bridgehead atoms. The predicted molar refractivity (Wildman–Crippen MR) is 120 cm³/mol. The van der Waals surface area contributed by atoms with Crippen LogP contribution in [0.3, 0.4) is 0 Å². The molecular formula is C21H29NO9S2. The summed E-state index contributed by atoms with van der Waals surface area (Å²) in [6.45, 7) is 1.24. The molecule has 0 amide bonds. The van der Waals surface area contributed by atoms with E-state index in [1.54, 1.807) is 14.2 Å². The summed E-state index contributed by atoms with van der Waals surface area (Å²) < 4.78 is 70.3. The Morgan fingerprint density at radius 3 is 1.48 bits per heavy atom. The number of rotatable bonds is 8. The van der Waals surface area contributed by atoms with Crippen LogP contribution in [0, 0.1) is 0 Å². The van der Waals surface area contributed by atoms with Crippen molar-refractivity contribution in [3.63, 3.8) is 0 Å². The molecule has 0 saturated carbocycles. The molecule has 0 N–H and O–H groups in total. The molecule has 0 spiro atoms. The van der Waals surface area contributed by atoms with Gasteiger partial charge in [0.2, 0.25) is 10.4 Å². The first-order valence-electron chi connectivity index (χ1n) is 9.82. The van der Waals surface area contributed by atoms with Crippen LogP contribution >= 0.6 is 0 Å². The highest BCUT2D eigenvalue weighted by Gasteiger charge is 2.49. The van der Waals surface area contributed by atoms with E-state index in [1.807, 2.05) is 24.3 Å². The summed E-state index contributed by atoms with van der Waals surface area (Å²) in [5, 5.41) is 0. The average Bonchev–Trinajstić information content (AvgIpc) is 2.73. The molecule has 3 rings (SSSR count). The van der Waals surface area contributed by atoms with E-state index in [9.17, 15) is 21.4 Å². The molecule has 1 aliphatic heterocycles. The normalized spacial score (nSPS) is 20.4. The molecule has 0 unspecified atom stereocenters. The van der Waals surface area contributed by atoms with E-state index >= 15 is 0 Å². The molecule has 184 valence electrons. The van der Waals surface area contributed by atoms with Crippen molar-refractivity contribution in [2.45, 2.75) is 12.1 Å². The van der Waals surface area contributed by atoms with Gasteiger partial charge in [0.05, 0.1) is 34.6 Å². The zero-order valence-electron chi connectivity index (χ0n) is 19.1. The molecule has 0 aromatic heterocycles. The molecule has 1 saturated heterocycles. The number of quaternary nitrogens is 1. The fourth-order valence-electron chi connectivity index (χ4n) is 3.88. The van der Waals surface area contributed by atoms with Gasteiger partial charge in [-0.3, -0.25) is 8.37 Å². The van der Waals surface area contributed by atoms with Gasteiger partial charge in [0.1, 0.15) is 30.6 Å². The zero-order valence-corrected chi connectivity index (χ0v) is 20.8. The third kappa shape index (κ3) is 7.95. The lowest BCUT2D eigenvalue weighted by atomic mass is 9.90. The van der Waals surface area contributed by atoms with E-state index in [0.29, 0.717) is 17.6 Å². The fraction of sp³-hybridized carbons (Fsp3) is 0.429. The number of methoxy groups -OCH3 is 2. The first-order valence-corrected chi connectivity index (χ1v) is 13.0. The van der Waals surface area contributed by atoms with Crippen molar-refractivity contribution in [2.24, 2.45) is 0 Å². The van der Waals surface area contributed by atoms with Gasteiger partial charge in [-0.05, 0) is 48.5 Å². The van der Waals surface area contributed by atoms with Gasteiger partial charge < -0.3 is 18.5 Å². The Bertz CT molecular complexity index is 1060. The SMILES string of the molecule is COS(=O)(=O)[O-].COc1ccc(C(c2ccc(OC)cc2)[N+]2(C)CC(OS(C)(=O)=O)C2)cc1. The third-order valence-corrected chi connectivity index (χ3v) is 6.27. The number of hydrogen-bond donors (Lipinski definition) is 0. The molecule has 1 aliphatic rings. The monoisotopic (exact) mass is 503 g/mol. The van der Waals surface area contributed by atoms with Crippen molar-refractivity contribution in [1.82, 2.24) is 0 Å². The van der Waals surface area contributed by atoms with Crippen molar-refractivity contribution in [3.8, 4) is 11.5 Å². The number of likely N-dealkylation sites (tertiary alicyclic amines) is 1. The lowest BCUT2D eigenvalue weighted by Crippen LogP contribution is -2.66. The van der Waals surface area contributed by atoms with Crippen molar-refractivity contribution < 1.29 is 43.7 Å². The highest BCUT2D eigenvalue weighted by molar-refractivity contribution is 7.86. The second-order valence-electron chi connectivity index (χ2n) is 7.79. The Hall–Kier alpha value is -2.22. The predicted octanol–water partition coefficient (Wildman–Crippen LogP) is 1.69. The van der Waals surface area contributed by atoms with E-state index < -0.39 is 20.5 Å². The Balaban J connectivity index is 0.000000569. The highest BCUT2D eigenvalue weighted by Crippen LogP contribution is 2.40. The molecule has 10 nitrogen and oxygen atoms in total. The molecule has 2 aromatic carbocycles. The molecule has 12 heteroatoms. The summed E-state index contributed by atoms with van der Waals surface area (Å²) in [6, 6.07) is 16.1. The molecule has 33 heavy (non-hydrogen) atoms. The summed E-state index contributed by atoms with van der Waals surface area (Å²) >= 11 is 0. The van der Waals surface area contributed by atoms with Crippen molar-refractivity contribution in [1.29, 1.82) is 0 Å². The average molecular weight is 504 g/mol. The molecule has 0 atom stereocenters. The molecule has 1 fully saturated rings. The molecular weight excluding hydrogens is 474 g/mol. The van der Waals surface area contributed by atoms with Crippen LogP contribution in [0.15, 0.2) is 48.5 Å². The lowest BCUT2D eigenvalue weighted by Gasteiger charge is -2.51. The highest BCUT2D eigenvalue weighted by atomic mass is 32.3. The van der Waals surface area contributed by atoms with Gasteiger partial charge in [-0.25, -0.2) is 8.42 Å². The van der Waals surface area contributed by atoms with Gasteiger partial charge in [-0.15, -0.1) is 0 Å². The Kier molecular flexibility index (Phi) is 8.85. The van der Waals surface area contributed by atoms with E-state index in [2.05, 4.69) is 35.5 Å². The Morgan fingerprint density at radius 2 is 1.21 bits per heavy atom. The first-order chi connectivity index (χ1) is 15.3. The van der Waals surface area contributed by atoms with Gasteiger partial charge in [0.25, 0.3) is 10.1 Å². The summed E-state index contributed by atoms with van der Waals surface area (Å²) in [7, 11) is -1.64. The lowest BCUT2D eigenvalue weighted by molar-refractivity contribution is -0.976. The van der Waals surface area contributed by atoms with E-state index in [0.717, 1.165) is 36.0 Å². The zero-order chi connectivity index (χ0) is 24.9. The van der Waals surface area contributed by atoms with Crippen molar-refractivity contribution in [3.05, 3.63) is 59.7 Å². The van der Waals surface area contributed by atoms with Crippen LogP contribution in [0.4, 0.5) is 0 Å². The molecule has 2 aromatic rings. The summed E-state index contributed by atoms with van der Waals surface area (Å²) in [5.74, 6) is 1.61. The van der Waals surface area contributed by atoms with Crippen LogP contribution in [0.1, 0.15) is 17.2 Å². The second-order valence-corrected chi connectivity index (χ2v) is 10.5. The maximum absolute atomic E-state index is 11.4. The van der Waals surface area contributed by atoms with Crippen LogP contribution in [-0.4, -0.2) is 79.7 Å². The summed E-state index contributed by atoms with van der Waals surface area (Å²) in [5.41, 5.74) is 2.28. The second kappa shape index (κ2) is 10.8. The summed E-state index contributed by atoms with van der Waals surface area (Å²) in [4.78, 5) is 0. The van der Waals surface area contributed by atoms with Gasteiger partial charge >= 0.3 is 0 Å². The fourth-order valence-corrected chi connectivity index (χ4v) is 4.50. The van der Waals surface area contributed by atoms with E-state index in [1.165, 1.54) is 0 Å². The van der Waals surface area contributed by atoms with Crippen LogP contribution in [-0.2, 0) is 28.9 Å². The molecule has 1 heterocycles. The maximum Gasteiger partial charge on any atom is 0.265 e. The third-order valence-electron chi connectivity index (χ3n) is 5.24. The van der Waals surface area contributed by atoms with Gasteiger partial charge in [0, 0.05) is 11.1 Å². The van der Waals surface area contributed by atoms with Crippen molar-refractivity contribution >= 4 is 20.5 Å². The Labute approximate surface area is 195 Å². The summed E-state index contributed by atoms with van der Waals surface area (Å²) in [6.07, 6.45) is 0.809. The van der Waals surface area contributed by atoms with Crippen LogP contribution < -0.4 is 9.47 Å². The number of nitrogens with zero attached hydrogens (tertiary/aromatic N) is 1. The largest absolute Gasteiger partial charge is 0.726 e. The minimum atomic E-state index is -4.41. The minimum Gasteiger partial charge on any atom is -0.726 e. The number of hydrogen-bond acceptors (Lipinski definition) is 9.